The SMILES string of the molecule is C[SiH]C.[CH2-]C.[CH2-]CCO.[Cl][Zr+2][Cl]. The summed E-state index contributed by atoms with van der Waals surface area (Å²) in [4.78, 5) is 0. The van der Waals surface area contributed by atoms with Gasteiger partial charge in [-0.2, -0.15) is 13.3 Å². The van der Waals surface area contributed by atoms with Crippen molar-refractivity contribution in [1.29, 1.82) is 0 Å². The second-order valence-electron chi connectivity index (χ2n) is 1.23. The van der Waals surface area contributed by atoms with E-state index in [2.05, 4.69) is 26.9 Å². The molecule has 0 bridgehead atoms. The summed E-state index contributed by atoms with van der Waals surface area (Å²) < 4.78 is 0. The van der Waals surface area contributed by atoms with Crippen molar-refractivity contribution in [3.05, 3.63) is 13.8 Å². The Balaban J connectivity index is -0.0000000368. The Labute approximate surface area is 98.7 Å². The zero-order valence-corrected chi connectivity index (χ0v) is 13.2. The quantitative estimate of drug-likeness (QED) is 0.583. The van der Waals surface area contributed by atoms with Gasteiger partial charge in [-0.05, 0) is 0 Å². The molecule has 0 heterocycles. The Morgan fingerprint density at radius 2 is 1.42 bits per heavy atom. The molecule has 0 spiro atoms. The first-order chi connectivity index (χ1) is 5.74. The Kier molecular flexibility index (Phi) is 105. The van der Waals surface area contributed by atoms with E-state index in [1.165, 1.54) is 0 Å². The zero-order valence-electron chi connectivity index (χ0n) is 8.11. The van der Waals surface area contributed by atoms with Gasteiger partial charge in [0, 0.05) is 16.1 Å². The summed E-state index contributed by atoms with van der Waals surface area (Å²) in [5.74, 6) is 0. The van der Waals surface area contributed by atoms with Gasteiger partial charge in [0.25, 0.3) is 0 Å². The molecule has 0 aliphatic rings. The topological polar surface area (TPSA) is 20.2 Å². The number of hydrogen-bond acceptors (Lipinski definition) is 1. The minimum absolute atomic E-state index is 0.208. The third kappa shape index (κ3) is 189. The molecule has 0 atom stereocenters. The van der Waals surface area contributed by atoms with Crippen LogP contribution in [0.5, 0.6) is 0 Å². The van der Waals surface area contributed by atoms with Crippen LogP contribution in [0.25, 0.3) is 0 Å². The Morgan fingerprint density at radius 1 is 1.33 bits per heavy atom. The van der Waals surface area contributed by atoms with E-state index < -0.39 is 20.8 Å². The van der Waals surface area contributed by atoms with E-state index in [1.54, 1.807) is 6.92 Å². The summed E-state index contributed by atoms with van der Waals surface area (Å²) in [5.41, 5.74) is 0. The van der Waals surface area contributed by atoms with E-state index in [0.717, 1.165) is 9.52 Å². The molecule has 5 heteroatoms. The van der Waals surface area contributed by atoms with Crippen molar-refractivity contribution in [2.45, 2.75) is 26.4 Å². The van der Waals surface area contributed by atoms with Crippen LogP contribution in [0.4, 0.5) is 0 Å². The molecule has 0 aromatic rings. The first-order valence-corrected chi connectivity index (χ1v) is 12.2. The fourth-order valence-electron chi connectivity index (χ4n) is 0. The summed E-state index contributed by atoms with van der Waals surface area (Å²) in [6, 6.07) is 0. The van der Waals surface area contributed by atoms with Gasteiger partial charge in [-0.25, -0.2) is 0 Å². The summed E-state index contributed by atoms with van der Waals surface area (Å²) in [5, 5.41) is 7.81. The fourth-order valence-corrected chi connectivity index (χ4v) is 0. The molecule has 0 saturated heterocycles. The first-order valence-electron chi connectivity index (χ1n) is 3.56. The van der Waals surface area contributed by atoms with E-state index in [0.29, 0.717) is 6.42 Å². The van der Waals surface area contributed by atoms with Crippen molar-refractivity contribution in [3.63, 3.8) is 0 Å². The summed E-state index contributed by atoms with van der Waals surface area (Å²) in [6.07, 6.45) is 0.625. The second kappa shape index (κ2) is 53.8. The number of hydrogen-bond donors (Lipinski definition) is 1. The number of aliphatic hydroxyl groups is 1. The van der Waals surface area contributed by atoms with E-state index >= 15 is 0 Å². The van der Waals surface area contributed by atoms with Gasteiger partial charge in [0.05, 0.1) is 0 Å². The van der Waals surface area contributed by atoms with Crippen LogP contribution >= 0.6 is 17.0 Å². The molecule has 0 amide bonds. The molecule has 0 unspecified atom stereocenters. The molecule has 0 aromatic carbocycles. The van der Waals surface area contributed by atoms with Crippen molar-refractivity contribution >= 4 is 26.5 Å². The van der Waals surface area contributed by atoms with Gasteiger partial charge >= 0.3 is 37.9 Å². The normalized spacial score (nSPS) is 5.33. The second-order valence-corrected chi connectivity index (χ2v) is 6.11. The Morgan fingerprint density at radius 3 is 1.42 bits per heavy atom. The summed E-state index contributed by atoms with van der Waals surface area (Å²) in [6.45, 7) is 13.0. The van der Waals surface area contributed by atoms with Crippen molar-refractivity contribution < 1.29 is 26.0 Å². The number of halogens is 2. The third-order valence-electron chi connectivity index (χ3n) is 0.158. The van der Waals surface area contributed by atoms with Gasteiger partial charge in [-0.15, -0.1) is 0 Å². The fraction of sp³-hybridized carbons (Fsp3) is 0.714. The standard InChI is InChI=1S/C3H7O.C2H7Si.C2H5.2ClH.Zr/c1-2-3-4;1-3-2;1-2;;;/h4H,1-3H2;3H,1-2H3;1H2,2H3;2*1H;/q-1;;-1;;;+4/p-2. The summed E-state index contributed by atoms with van der Waals surface area (Å²) in [7, 11) is 10.6. The van der Waals surface area contributed by atoms with E-state index in [9.17, 15) is 0 Å². The van der Waals surface area contributed by atoms with Crippen LogP contribution in [0.1, 0.15) is 13.3 Å². The van der Waals surface area contributed by atoms with E-state index in [4.69, 9.17) is 22.1 Å². The molecule has 0 rings (SSSR count). The van der Waals surface area contributed by atoms with Crippen LogP contribution in [0.3, 0.4) is 0 Å². The maximum atomic E-state index is 7.81. The molecule has 1 nitrogen and oxygen atoms in total. The van der Waals surface area contributed by atoms with Gasteiger partial charge in [-0.3, -0.25) is 0 Å². The van der Waals surface area contributed by atoms with Crippen LogP contribution < -0.4 is 0 Å². The predicted octanol–water partition coefficient (Wildman–Crippen LogP) is 2.94. The average Bonchev–Trinajstić information content (AvgIpc) is 2.10. The molecule has 1 radical (unpaired) electrons. The number of aliphatic hydroxyl groups excluding tert-OH is 1. The molecule has 1 N–H and O–H groups in total. The predicted molar refractivity (Wildman–Crippen MR) is 58.7 cm³/mol. The van der Waals surface area contributed by atoms with Crippen LogP contribution in [-0.2, 0) is 20.8 Å². The Bertz CT molecular complexity index is 33.4. The van der Waals surface area contributed by atoms with Crippen LogP contribution in [0, 0.1) is 13.8 Å². The van der Waals surface area contributed by atoms with Crippen LogP contribution in [0.15, 0.2) is 0 Å². The van der Waals surface area contributed by atoms with Gasteiger partial charge < -0.3 is 19.0 Å². The van der Waals surface area contributed by atoms with Crippen molar-refractivity contribution in [2.75, 3.05) is 6.61 Å². The third-order valence-corrected chi connectivity index (χ3v) is 0.158. The van der Waals surface area contributed by atoms with Gasteiger partial charge in [0.15, 0.2) is 0 Å². The maximum absolute atomic E-state index is 7.81. The van der Waals surface area contributed by atoms with Gasteiger partial charge in [-0.1, -0.05) is 13.1 Å². The van der Waals surface area contributed by atoms with Crippen molar-refractivity contribution in [3.8, 4) is 0 Å². The monoisotopic (exact) mass is 307 g/mol. The molecular formula is C7H19Cl2OSiZr. The molecule has 12 heavy (non-hydrogen) atoms. The molecule has 0 aliphatic heterocycles. The average molecular weight is 309 g/mol. The molecule has 0 aliphatic carbocycles. The number of rotatable bonds is 1. The first kappa shape index (κ1) is 23.5. The van der Waals surface area contributed by atoms with Crippen LogP contribution in [0.2, 0.25) is 13.1 Å². The molecular weight excluding hydrogens is 290 g/mol. The van der Waals surface area contributed by atoms with E-state index in [-0.39, 0.29) is 6.61 Å². The molecule has 0 saturated carbocycles. The van der Waals surface area contributed by atoms with Crippen molar-refractivity contribution in [1.82, 2.24) is 0 Å². The Hall–Kier alpha value is 1.64. The molecule has 0 fully saturated rings. The zero-order chi connectivity index (χ0) is 10.8. The van der Waals surface area contributed by atoms with Gasteiger partial charge in [0.2, 0.25) is 0 Å². The summed E-state index contributed by atoms with van der Waals surface area (Å²) >= 11 is -0.826. The van der Waals surface area contributed by atoms with E-state index in [1.807, 2.05) is 0 Å². The molecule has 0 aromatic heterocycles. The minimum atomic E-state index is -0.826. The van der Waals surface area contributed by atoms with Crippen LogP contribution in [-0.4, -0.2) is 21.2 Å². The molecule has 75 valence electrons. The van der Waals surface area contributed by atoms with Gasteiger partial charge in [0.1, 0.15) is 0 Å². The van der Waals surface area contributed by atoms with Crippen molar-refractivity contribution in [2.24, 2.45) is 0 Å².